The Hall–Kier alpha value is -0.0800. The maximum absolute atomic E-state index is 3.80. The van der Waals surface area contributed by atoms with Crippen molar-refractivity contribution in [2.45, 2.75) is 57.0 Å². The lowest BCUT2D eigenvalue weighted by molar-refractivity contribution is 0.183. The Morgan fingerprint density at radius 3 is 2.71 bits per heavy atom. The molecule has 17 heavy (non-hydrogen) atoms. The van der Waals surface area contributed by atoms with Crippen LogP contribution in [-0.4, -0.2) is 36.6 Å². The lowest BCUT2D eigenvalue weighted by Crippen LogP contribution is -2.38. The van der Waals surface area contributed by atoms with Crippen LogP contribution >= 0.6 is 0 Å². The van der Waals surface area contributed by atoms with Crippen molar-refractivity contribution in [3.8, 4) is 0 Å². The molecule has 2 nitrogen and oxygen atoms in total. The second kappa shape index (κ2) is 4.24. The van der Waals surface area contributed by atoms with E-state index in [4.69, 9.17) is 0 Å². The fourth-order valence-electron chi connectivity index (χ4n) is 5.11. The van der Waals surface area contributed by atoms with E-state index in [2.05, 4.69) is 10.2 Å². The van der Waals surface area contributed by atoms with Crippen LogP contribution in [0.5, 0.6) is 0 Å². The molecule has 4 bridgehead atoms. The Labute approximate surface area is 105 Å². The highest BCUT2D eigenvalue weighted by Gasteiger charge is 2.40. The molecular formula is C15H26N2. The van der Waals surface area contributed by atoms with Gasteiger partial charge >= 0.3 is 0 Å². The van der Waals surface area contributed by atoms with Gasteiger partial charge in [0.15, 0.2) is 0 Å². The first-order chi connectivity index (χ1) is 8.37. The largest absolute Gasteiger partial charge is 0.310 e. The minimum absolute atomic E-state index is 0.820. The van der Waals surface area contributed by atoms with Gasteiger partial charge in [-0.1, -0.05) is 6.42 Å². The standard InChI is InChI=1S/C15H26N2/c1-2-12-7-11(1)8-13(12)9-17-6-5-14-3-4-15(10-17)16-14/h11-16H,1-10H2. The Balaban J connectivity index is 1.36. The van der Waals surface area contributed by atoms with Gasteiger partial charge < -0.3 is 10.2 Å². The summed E-state index contributed by atoms with van der Waals surface area (Å²) in [6.45, 7) is 4.12. The van der Waals surface area contributed by atoms with E-state index in [0.29, 0.717) is 0 Å². The average molecular weight is 234 g/mol. The van der Waals surface area contributed by atoms with Gasteiger partial charge in [0, 0.05) is 25.2 Å². The Kier molecular flexibility index (Phi) is 2.69. The first-order valence-corrected chi connectivity index (χ1v) is 7.85. The fraction of sp³-hybridized carbons (Fsp3) is 1.00. The van der Waals surface area contributed by atoms with Crippen LogP contribution in [0.1, 0.15) is 44.9 Å². The third kappa shape index (κ3) is 2.04. The van der Waals surface area contributed by atoms with E-state index < -0.39 is 0 Å². The van der Waals surface area contributed by atoms with E-state index in [1.54, 1.807) is 25.7 Å². The van der Waals surface area contributed by atoms with E-state index in [0.717, 1.165) is 29.8 Å². The summed E-state index contributed by atoms with van der Waals surface area (Å²) in [5.74, 6) is 3.28. The van der Waals surface area contributed by atoms with Crippen molar-refractivity contribution in [2.75, 3.05) is 19.6 Å². The molecule has 4 aliphatic rings. The third-order valence-corrected chi connectivity index (χ3v) is 5.98. The quantitative estimate of drug-likeness (QED) is 0.788. The van der Waals surface area contributed by atoms with Crippen molar-refractivity contribution in [1.29, 1.82) is 0 Å². The third-order valence-electron chi connectivity index (χ3n) is 5.98. The Morgan fingerprint density at radius 2 is 1.88 bits per heavy atom. The number of fused-ring (bicyclic) bond motifs is 4. The van der Waals surface area contributed by atoms with Crippen molar-refractivity contribution in [3.63, 3.8) is 0 Å². The summed E-state index contributed by atoms with van der Waals surface area (Å²) < 4.78 is 0. The molecule has 0 aromatic heterocycles. The maximum Gasteiger partial charge on any atom is 0.0198 e. The molecule has 0 radical (unpaired) electrons. The molecule has 4 rings (SSSR count). The SMILES string of the molecule is C1CC2CC1CC2CN1CCC2CCC(C1)N2. The topological polar surface area (TPSA) is 15.3 Å². The van der Waals surface area contributed by atoms with Gasteiger partial charge in [0.1, 0.15) is 0 Å². The van der Waals surface area contributed by atoms with Gasteiger partial charge in [-0.15, -0.1) is 0 Å². The summed E-state index contributed by atoms with van der Waals surface area (Å²) in [5.41, 5.74) is 0. The normalized spacial score (nSPS) is 49.8. The van der Waals surface area contributed by atoms with Gasteiger partial charge in [-0.3, -0.25) is 0 Å². The highest BCUT2D eigenvalue weighted by molar-refractivity contribution is 4.94. The number of nitrogens with one attached hydrogen (secondary N) is 1. The summed E-state index contributed by atoms with van der Waals surface area (Å²) in [5, 5.41) is 3.80. The van der Waals surface area contributed by atoms with Crippen molar-refractivity contribution >= 4 is 0 Å². The molecule has 2 saturated heterocycles. The van der Waals surface area contributed by atoms with Gasteiger partial charge in [-0.2, -0.15) is 0 Å². The van der Waals surface area contributed by atoms with E-state index in [9.17, 15) is 0 Å². The molecule has 96 valence electrons. The molecule has 0 aromatic carbocycles. The molecule has 0 aromatic rings. The van der Waals surface area contributed by atoms with Gasteiger partial charge in [-0.05, 0) is 62.8 Å². The van der Waals surface area contributed by atoms with Gasteiger partial charge in [0.25, 0.3) is 0 Å². The summed E-state index contributed by atoms with van der Waals surface area (Å²) in [6.07, 6.45) is 10.5. The van der Waals surface area contributed by atoms with E-state index >= 15 is 0 Å². The number of nitrogens with zero attached hydrogens (tertiary/aromatic N) is 1. The predicted octanol–water partition coefficient (Wildman–Crippen LogP) is 2.25. The van der Waals surface area contributed by atoms with Crippen LogP contribution in [-0.2, 0) is 0 Å². The molecule has 2 heterocycles. The van der Waals surface area contributed by atoms with E-state index in [1.165, 1.54) is 38.9 Å². The van der Waals surface area contributed by atoms with Crippen LogP contribution < -0.4 is 5.32 Å². The van der Waals surface area contributed by atoms with Crippen LogP contribution in [0.2, 0.25) is 0 Å². The Morgan fingerprint density at radius 1 is 0.941 bits per heavy atom. The lowest BCUT2D eigenvalue weighted by atomic mass is 9.88. The van der Waals surface area contributed by atoms with Crippen LogP contribution in [0.25, 0.3) is 0 Å². The minimum Gasteiger partial charge on any atom is -0.310 e. The minimum atomic E-state index is 0.820. The predicted molar refractivity (Wildman–Crippen MR) is 69.9 cm³/mol. The smallest absolute Gasteiger partial charge is 0.0198 e. The average Bonchev–Trinajstić information content (AvgIpc) is 2.97. The number of hydrogen-bond acceptors (Lipinski definition) is 2. The summed E-state index contributed by atoms with van der Waals surface area (Å²) in [6, 6.07) is 1.67. The zero-order valence-corrected chi connectivity index (χ0v) is 10.9. The zero-order chi connectivity index (χ0) is 11.2. The molecule has 2 heteroatoms. The first kappa shape index (κ1) is 10.8. The van der Waals surface area contributed by atoms with Crippen molar-refractivity contribution < 1.29 is 0 Å². The van der Waals surface area contributed by atoms with Crippen molar-refractivity contribution in [2.24, 2.45) is 17.8 Å². The van der Waals surface area contributed by atoms with Crippen molar-refractivity contribution in [1.82, 2.24) is 10.2 Å². The van der Waals surface area contributed by atoms with Gasteiger partial charge in [0.05, 0.1) is 0 Å². The monoisotopic (exact) mass is 234 g/mol. The molecular weight excluding hydrogens is 208 g/mol. The second-order valence-electron chi connectivity index (χ2n) is 7.12. The molecule has 5 atom stereocenters. The van der Waals surface area contributed by atoms with Crippen molar-refractivity contribution in [3.05, 3.63) is 0 Å². The summed E-state index contributed by atoms with van der Waals surface area (Å²) >= 11 is 0. The molecule has 0 spiro atoms. The van der Waals surface area contributed by atoms with Crippen LogP contribution in [0.4, 0.5) is 0 Å². The van der Waals surface area contributed by atoms with E-state index in [1.807, 2.05) is 0 Å². The Bertz CT molecular complexity index is 291. The van der Waals surface area contributed by atoms with Crippen LogP contribution in [0.15, 0.2) is 0 Å². The van der Waals surface area contributed by atoms with Gasteiger partial charge in [-0.25, -0.2) is 0 Å². The highest BCUT2D eigenvalue weighted by atomic mass is 15.2. The first-order valence-electron chi connectivity index (χ1n) is 7.85. The van der Waals surface area contributed by atoms with Crippen LogP contribution in [0, 0.1) is 17.8 Å². The summed E-state index contributed by atoms with van der Waals surface area (Å²) in [4.78, 5) is 2.79. The number of hydrogen-bond donors (Lipinski definition) is 1. The van der Waals surface area contributed by atoms with E-state index in [-0.39, 0.29) is 0 Å². The summed E-state index contributed by atoms with van der Waals surface area (Å²) in [7, 11) is 0. The van der Waals surface area contributed by atoms with Crippen LogP contribution in [0.3, 0.4) is 0 Å². The fourth-order valence-corrected chi connectivity index (χ4v) is 5.11. The van der Waals surface area contributed by atoms with Gasteiger partial charge in [0.2, 0.25) is 0 Å². The number of likely N-dealkylation sites (tertiary alicyclic amines) is 1. The maximum atomic E-state index is 3.80. The number of rotatable bonds is 2. The zero-order valence-electron chi connectivity index (χ0n) is 10.9. The molecule has 1 N–H and O–H groups in total. The molecule has 2 aliphatic heterocycles. The highest BCUT2D eigenvalue weighted by Crippen LogP contribution is 2.48. The molecule has 2 saturated carbocycles. The molecule has 4 fully saturated rings. The molecule has 2 aliphatic carbocycles. The molecule has 5 unspecified atom stereocenters. The second-order valence-corrected chi connectivity index (χ2v) is 7.12. The lowest BCUT2D eigenvalue weighted by Gasteiger charge is -2.30. The molecule has 0 amide bonds.